The molecule has 6 heterocycles. The van der Waals surface area contributed by atoms with E-state index in [4.69, 9.17) is 14.2 Å². The summed E-state index contributed by atoms with van der Waals surface area (Å²) in [5, 5.41) is 12.4. The number of aromatic nitrogens is 3. The molecule has 298 valence electrons. The minimum absolute atomic E-state index is 0.0470. The molecule has 1 N–H and O–H groups in total. The molecule has 0 saturated carbocycles. The third kappa shape index (κ3) is 7.58. The number of benzene rings is 1. The molecule has 3 saturated heterocycles. The average molecular weight is 799 g/mol. The second-order valence-corrected chi connectivity index (χ2v) is 17.3. The van der Waals surface area contributed by atoms with E-state index in [2.05, 4.69) is 25.2 Å². The number of alkyl halides is 1. The fourth-order valence-electron chi connectivity index (χ4n) is 7.61. The number of rotatable bonds is 6. The van der Waals surface area contributed by atoms with Crippen LogP contribution in [-0.2, 0) is 9.47 Å². The number of piperazine rings is 1. The summed E-state index contributed by atoms with van der Waals surface area (Å²) in [6.45, 7) is 12.4. The van der Waals surface area contributed by atoms with Crippen LogP contribution in [0, 0.1) is 28.8 Å². The number of hydrogen-bond acceptors (Lipinski definition) is 12. The number of nitrogens with one attached hydrogen (secondary N) is 1. The fraction of sp³-hybridized carbons (Fsp3) is 0.526. The Morgan fingerprint density at radius 3 is 2.43 bits per heavy atom. The lowest BCUT2D eigenvalue weighted by molar-refractivity contribution is 0.0240. The number of nitriles is 1. The van der Waals surface area contributed by atoms with E-state index in [1.807, 2.05) is 11.0 Å². The lowest BCUT2D eigenvalue weighted by atomic mass is 9.95. The molecule has 0 radical (unpaired) electrons. The summed E-state index contributed by atoms with van der Waals surface area (Å²) in [7, 11) is 0. The number of thiophene rings is 1. The molecule has 1 aromatic carbocycles. The number of anilines is 2. The van der Waals surface area contributed by atoms with Gasteiger partial charge in [0.05, 0.1) is 21.2 Å². The number of carbonyl (C=O) groups excluding carboxylic acids is 2. The molecule has 7 rings (SSSR count). The van der Waals surface area contributed by atoms with Crippen molar-refractivity contribution in [3.05, 3.63) is 35.3 Å². The minimum atomic E-state index is -1.20. The smallest absolute Gasteiger partial charge is 0.412 e. The van der Waals surface area contributed by atoms with Crippen LogP contribution < -0.4 is 15.0 Å². The van der Waals surface area contributed by atoms with Gasteiger partial charge in [-0.3, -0.25) is 15.2 Å². The third-order valence-electron chi connectivity index (χ3n) is 9.94. The van der Waals surface area contributed by atoms with E-state index in [0.29, 0.717) is 30.4 Å². The van der Waals surface area contributed by atoms with Gasteiger partial charge in [-0.25, -0.2) is 27.2 Å². The zero-order chi connectivity index (χ0) is 40.3. The Balaban J connectivity index is 1.31. The van der Waals surface area contributed by atoms with Crippen molar-refractivity contribution in [3.8, 4) is 23.3 Å². The maximum absolute atomic E-state index is 17.1. The van der Waals surface area contributed by atoms with Crippen molar-refractivity contribution >= 4 is 55.3 Å². The molecule has 3 aliphatic heterocycles. The van der Waals surface area contributed by atoms with Crippen molar-refractivity contribution in [1.29, 1.82) is 5.26 Å². The van der Waals surface area contributed by atoms with Crippen molar-refractivity contribution < 1.29 is 41.4 Å². The molecule has 3 fully saturated rings. The van der Waals surface area contributed by atoms with Gasteiger partial charge < -0.3 is 24.0 Å². The molecule has 56 heavy (non-hydrogen) atoms. The molecule has 2 atom stereocenters. The first-order valence-electron chi connectivity index (χ1n) is 18.3. The predicted molar refractivity (Wildman–Crippen MR) is 201 cm³/mol. The SMILES string of the molecule is CC(C)(C)OC(=O)Nc1sc2c(F)cc(F)c(-c3ncc4c(N5CCN(C(=O)OC(C)(C)C)CC5)nc(OC[C@@]56CCCN5C[C@H](F)C6)nc4c3F)c2c1C#N. The first kappa shape index (κ1) is 39.2. The zero-order valence-corrected chi connectivity index (χ0v) is 32.7. The number of carbonyl (C=O) groups is 2. The molecule has 0 unspecified atom stereocenters. The van der Waals surface area contributed by atoms with Crippen LogP contribution in [0.5, 0.6) is 6.01 Å². The molecule has 0 spiro atoms. The molecule has 4 aromatic rings. The normalized spacial score (nSPS) is 20.3. The first-order chi connectivity index (χ1) is 26.4. The second-order valence-electron chi connectivity index (χ2n) is 16.3. The molecule has 0 bridgehead atoms. The number of pyridine rings is 1. The molecule has 13 nitrogen and oxygen atoms in total. The van der Waals surface area contributed by atoms with Gasteiger partial charge in [0.1, 0.15) is 63.7 Å². The van der Waals surface area contributed by atoms with Crippen molar-refractivity contribution in [3.63, 3.8) is 0 Å². The largest absolute Gasteiger partial charge is 0.461 e. The minimum Gasteiger partial charge on any atom is -0.461 e. The molecule has 2 amide bonds. The topological polar surface area (TPSA) is 146 Å². The maximum atomic E-state index is 17.1. The Morgan fingerprint density at radius 1 is 1.04 bits per heavy atom. The van der Waals surface area contributed by atoms with Crippen LogP contribution >= 0.6 is 11.3 Å². The van der Waals surface area contributed by atoms with Crippen LogP contribution in [0.2, 0.25) is 0 Å². The van der Waals surface area contributed by atoms with E-state index in [1.54, 1.807) is 46.4 Å². The quantitative estimate of drug-likeness (QED) is 0.193. The Kier molecular flexibility index (Phi) is 10.1. The summed E-state index contributed by atoms with van der Waals surface area (Å²) in [6, 6.07) is 2.25. The van der Waals surface area contributed by atoms with Crippen LogP contribution in [-0.4, -0.2) is 106 Å². The Hall–Kier alpha value is -5.02. The Bertz CT molecular complexity index is 2260. The number of hydrogen-bond donors (Lipinski definition) is 1. The highest BCUT2D eigenvalue weighted by Gasteiger charge is 2.49. The number of nitrogens with zero attached hydrogens (tertiary/aromatic N) is 7. The van der Waals surface area contributed by atoms with Crippen molar-refractivity contribution in [2.75, 3.05) is 56.1 Å². The maximum Gasteiger partial charge on any atom is 0.412 e. The van der Waals surface area contributed by atoms with Crippen molar-refractivity contribution in [2.24, 2.45) is 0 Å². The van der Waals surface area contributed by atoms with E-state index in [0.717, 1.165) is 13.0 Å². The van der Waals surface area contributed by atoms with Gasteiger partial charge >= 0.3 is 18.2 Å². The van der Waals surface area contributed by atoms with E-state index < -0.39 is 63.8 Å². The van der Waals surface area contributed by atoms with E-state index in [1.165, 1.54) is 6.20 Å². The van der Waals surface area contributed by atoms with E-state index in [-0.39, 0.29) is 82.6 Å². The second kappa shape index (κ2) is 14.5. The number of halogens is 4. The number of fused-ring (bicyclic) bond motifs is 3. The highest BCUT2D eigenvalue weighted by molar-refractivity contribution is 7.23. The molecular weight excluding hydrogens is 757 g/mol. The molecule has 3 aliphatic rings. The van der Waals surface area contributed by atoms with Gasteiger partial charge in [0.25, 0.3) is 0 Å². The predicted octanol–water partition coefficient (Wildman–Crippen LogP) is 7.55. The lowest BCUT2D eigenvalue weighted by Crippen LogP contribution is -2.50. The highest BCUT2D eigenvalue weighted by Crippen LogP contribution is 2.45. The summed E-state index contributed by atoms with van der Waals surface area (Å²) in [5.41, 5.74) is -3.85. The average Bonchev–Trinajstić information content (AvgIpc) is 3.76. The van der Waals surface area contributed by atoms with Crippen molar-refractivity contribution in [1.82, 2.24) is 24.8 Å². The van der Waals surface area contributed by atoms with Crippen LogP contribution in [0.15, 0.2) is 12.3 Å². The molecule has 18 heteroatoms. The first-order valence-corrected chi connectivity index (χ1v) is 19.1. The van der Waals surface area contributed by atoms with Crippen molar-refractivity contribution in [2.45, 2.75) is 83.7 Å². The van der Waals surface area contributed by atoms with Gasteiger partial charge in [-0.1, -0.05) is 0 Å². The zero-order valence-electron chi connectivity index (χ0n) is 31.9. The van der Waals surface area contributed by atoms with E-state index in [9.17, 15) is 19.2 Å². The van der Waals surface area contributed by atoms with Gasteiger partial charge in [0.2, 0.25) is 0 Å². The Labute approximate surface area is 324 Å². The van der Waals surface area contributed by atoms with Gasteiger partial charge in [0, 0.05) is 62.4 Å². The van der Waals surface area contributed by atoms with Crippen LogP contribution in [0.4, 0.5) is 38.0 Å². The summed E-state index contributed by atoms with van der Waals surface area (Å²) in [4.78, 5) is 44.3. The third-order valence-corrected chi connectivity index (χ3v) is 11.0. The number of amides is 2. The summed E-state index contributed by atoms with van der Waals surface area (Å²) >= 11 is 0.665. The van der Waals surface area contributed by atoms with Crippen LogP contribution in [0.1, 0.15) is 66.4 Å². The summed E-state index contributed by atoms with van der Waals surface area (Å²) < 4.78 is 79.7. The standard InChI is InChI=1S/C38H42F4N8O5S/c1-36(2,3)54-34(51)47-32-21(16-43)25-26(23(40)14-24(41)30(25)56-32)29-27(42)28-22(17-44-29)31(48-10-12-49(13-11-48)35(52)55-37(4,5)6)46-33(45-28)53-19-38-8-7-9-50(38)18-20(39)15-38/h14,17,20H,7-13,15,18-19H2,1-6H3,(H,47,51)/t20-,38+/m1/s1. The van der Waals surface area contributed by atoms with Crippen LogP contribution in [0.3, 0.4) is 0 Å². The van der Waals surface area contributed by atoms with Gasteiger partial charge in [-0.15, -0.1) is 11.3 Å². The fourth-order valence-corrected chi connectivity index (χ4v) is 8.66. The monoisotopic (exact) mass is 798 g/mol. The lowest BCUT2D eigenvalue weighted by Gasteiger charge is -2.36. The van der Waals surface area contributed by atoms with Crippen LogP contribution in [0.25, 0.3) is 32.2 Å². The van der Waals surface area contributed by atoms with Gasteiger partial charge in [0.15, 0.2) is 5.82 Å². The van der Waals surface area contributed by atoms with Gasteiger partial charge in [-0.05, 0) is 60.9 Å². The van der Waals surface area contributed by atoms with Gasteiger partial charge in [-0.2, -0.15) is 15.2 Å². The molecular formula is C38H42F4N8O5S. The summed E-state index contributed by atoms with van der Waals surface area (Å²) in [6.07, 6.45) is 0.688. The number of ether oxygens (including phenoxy) is 3. The molecule has 3 aromatic heterocycles. The summed E-state index contributed by atoms with van der Waals surface area (Å²) in [5.74, 6) is -3.10. The highest BCUT2D eigenvalue weighted by atomic mass is 32.1. The molecule has 0 aliphatic carbocycles. The van der Waals surface area contributed by atoms with E-state index >= 15 is 13.2 Å². The Morgan fingerprint density at radius 2 is 1.75 bits per heavy atom.